The number of alkyl halides is 3. The summed E-state index contributed by atoms with van der Waals surface area (Å²) in [7, 11) is 1.53. The number of ether oxygens (including phenoxy) is 3. The molecular weight excluding hydrogens is 449 g/mol. The summed E-state index contributed by atoms with van der Waals surface area (Å²) < 4.78 is 55.1. The molecule has 9 nitrogen and oxygen atoms in total. The van der Waals surface area contributed by atoms with E-state index in [4.69, 9.17) is 14.2 Å². The molecule has 0 saturated heterocycles. The molecule has 0 aromatic heterocycles. The second-order valence-corrected chi connectivity index (χ2v) is 6.73. The highest BCUT2D eigenvalue weighted by atomic mass is 19.4. The molecule has 1 N–H and O–H groups in total. The number of nitro groups is 1. The molecule has 33 heavy (non-hydrogen) atoms. The molecule has 0 fully saturated rings. The van der Waals surface area contributed by atoms with Crippen LogP contribution in [0.15, 0.2) is 42.5 Å². The summed E-state index contributed by atoms with van der Waals surface area (Å²) in [6.45, 7) is 1.39. The van der Waals surface area contributed by atoms with Crippen LogP contribution in [0.5, 0.6) is 11.5 Å². The largest absolute Gasteiger partial charge is 0.497 e. The van der Waals surface area contributed by atoms with E-state index in [1.165, 1.54) is 14.0 Å². The van der Waals surface area contributed by atoms with Gasteiger partial charge in [-0.1, -0.05) is 0 Å². The average molecular weight is 470 g/mol. The average Bonchev–Trinajstić information content (AvgIpc) is 2.76. The van der Waals surface area contributed by atoms with Gasteiger partial charge in [0.1, 0.15) is 11.5 Å². The number of rotatable bonds is 10. The van der Waals surface area contributed by atoms with Gasteiger partial charge in [-0.2, -0.15) is 13.2 Å². The highest BCUT2D eigenvalue weighted by molar-refractivity contribution is 5.96. The summed E-state index contributed by atoms with van der Waals surface area (Å²) >= 11 is 0. The lowest BCUT2D eigenvalue weighted by Crippen LogP contribution is -2.30. The highest BCUT2D eigenvalue weighted by Gasteiger charge is 2.36. The maximum Gasteiger partial charge on any atom is 0.418 e. The fraction of sp³-hybridized carbons (Fsp3) is 0.333. The normalized spacial score (nSPS) is 11.9. The second-order valence-electron chi connectivity index (χ2n) is 6.73. The number of anilines is 1. The Kier molecular flexibility index (Phi) is 8.60. The van der Waals surface area contributed by atoms with Crippen molar-refractivity contribution >= 4 is 23.3 Å². The second kappa shape index (κ2) is 11.2. The Morgan fingerprint density at radius 1 is 1.12 bits per heavy atom. The lowest BCUT2D eigenvalue weighted by molar-refractivity contribution is -0.385. The molecule has 0 saturated carbocycles. The summed E-state index contributed by atoms with van der Waals surface area (Å²) in [5.41, 5.74) is -2.86. The number of hydrogen-bond acceptors (Lipinski definition) is 7. The van der Waals surface area contributed by atoms with Crippen molar-refractivity contribution in [3.63, 3.8) is 0 Å². The molecule has 1 atom stereocenters. The molecule has 0 aliphatic carbocycles. The summed E-state index contributed by atoms with van der Waals surface area (Å²) in [4.78, 5) is 33.9. The number of esters is 1. The van der Waals surface area contributed by atoms with Gasteiger partial charge in [0.2, 0.25) is 0 Å². The predicted octanol–water partition coefficient (Wildman–Crippen LogP) is 4.35. The fourth-order valence-electron chi connectivity index (χ4n) is 2.61. The first kappa shape index (κ1) is 25.4. The van der Waals surface area contributed by atoms with Gasteiger partial charge in [0, 0.05) is 18.6 Å². The first-order valence-corrected chi connectivity index (χ1v) is 9.64. The van der Waals surface area contributed by atoms with Crippen LogP contribution in [0.1, 0.15) is 25.3 Å². The van der Waals surface area contributed by atoms with Crippen molar-refractivity contribution in [3.05, 3.63) is 58.1 Å². The molecule has 0 unspecified atom stereocenters. The Labute approximate surface area is 186 Å². The number of carbonyl (C=O) groups is 2. The van der Waals surface area contributed by atoms with Crippen LogP contribution in [0.2, 0.25) is 0 Å². The number of nitrogens with zero attached hydrogens (tertiary/aromatic N) is 1. The van der Waals surface area contributed by atoms with Gasteiger partial charge in [0.05, 0.1) is 29.9 Å². The minimum atomic E-state index is -4.95. The third kappa shape index (κ3) is 7.66. The van der Waals surface area contributed by atoms with E-state index in [1.54, 1.807) is 24.3 Å². The molecule has 0 radical (unpaired) electrons. The molecule has 12 heteroatoms. The number of nitro benzene ring substituents is 1. The van der Waals surface area contributed by atoms with Gasteiger partial charge in [0.15, 0.2) is 6.10 Å². The minimum Gasteiger partial charge on any atom is -0.497 e. The van der Waals surface area contributed by atoms with Crippen LogP contribution in [0.3, 0.4) is 0 Å². The lowest BCUT2D eigenvalue weighted by atomic mass is 10.1. The summed E-state index contributed by atoms with van der Waals surface area (Å²) in [5, 5.41) is 12.7. The van der Waals surface area contributed by atoms with E-state index in [0.29, 0.717) is 17.6 Å². The maximum absolute atomic E-state index is 13.2. The van der Waals surface area contributed by atoms with Crippen LogP contribution >= 0.6 is 0 Å². The molecule has 178 valence electrons. The number of benzene rings is 2. The predicted molar refractivity (Wildman–Crippen MR) is 110 cm³/mol. The van der Waals surface area contributed by atoms with Crippen molar-refractivity contribution < 1.29 is 41.9 Å². The molecule has 0 aliphatic heterocycles. The highest BCUT2D eigenvalue weighted by Crippen LogP contribution is 2.37. The quantitative estimate of drug-likeness (QED) is 0.237. The first-order chi connectivity index (χ1) is 15.5. The van der Waals surface area contributed by atoms with Crippen LogP contribution in [-0.2, 0) is 20.5 Å². The first-order valence-electron chi connectivity index (χ1n) is 9.64. The standard InChI is InChI=1S/C21H21F3N2O7/c1-13(33-19(27)4-3-11-32-16-8-6-15(31-2)7-9-16)20(28)25-18-10-5-14(26(29)30)12-17(18)21(22,23)24/h5-10,12-13H,3-4,11H2,1-2H3,(H,25,28)/t13-/m0/s1. The Bertz CT molecular complexity index is 994. The minimum absolute atomic E-state index is 0.0842. The van der Waals surface area contributed by atoms with Crippen molar-refractivity contribution in [1.29, 1.82) is 0 Å². The maximum atomic E-state index is 13.2. The number of carbonyl (C=O) groups excluding carboxylic acids is 2. The topological polar surface area (TPSA) is 117 Å². The molecule has 0 heterocycles. The number of halogens is 3. The van der Waals surface area contributed by atoms with E-state index < -0.39 is 46.0 Å². The van der Waals surface area contributed by atoms with Crippen molar-refractivity contribution in [2.45, 2.75) is 32.0 Å². The van der Waals surface area contributed by atoms with Crippen molar-refractivity contribution in [2.75, 3.05) is 19.0 Å². The molecule has 0 bridgehead atoms. The molecule has 2 aromatic carbocycles. The molecule has 1 amide bonds. The van der Waals surface area contributed by atoms with E-state index in [2.05, 4.69) is 0 Å². The zero-order chi connectivity index (χ0) is 24.6. The third-order valence-corrected chi connectivity index (χ3v) is 4.31. The Morgan fingerprint density at radius 2 is 1.76 bits per heavy atom. The molecule has 0 aliphatic rings. The number of hydrogen-bond donors (Lipinski definition) is 1. The van der Waals surface area contributed by atoms with Gasteiger partial charge in [-0.15, -0.1) is 0 Å². The lowest BCUT2D eigenvalue weighted by Gasteiger charge is -2.17. The van der Waals surface area contributed by atoms with E-state index in [1.807, 2.05) is 5.32 Å². The zero-order valence-corrected chi connectivity index (χ0v) is 17.7. The van der Waals surface area contributed by atoms with Crippen LogP contribution in [0.25, 0.3) is 0 Å². The zero-order valence-electron chi connectivity index (χ0n) is 17.7. The van der Waals surface area contributed by atoms with Crippen molar-refractivity contribution in [1.82, 2.24) is 0 Å². The Morgan fingerprint density at radius 3 is 2.33 bits per heavy atom. The summed E-state index contributed by atoms with van der Waals surface area (Å²) in [6, 6.07) is 8.70. The van der Waals surface area contributed by atoms with E-state index >= 15 is 0 Å². The Balaban J connectivity index is 1.85. The third-order valence-electron chi connectivity index (χ3n) is 4.31. The van der Waals surface area contributed by atoms with Crippen molar-refractivity contribution in [2.24, 2.45) is 0 Å². The smallest absolute Gasteiger partial charge is 0.418 e. The van der Waals surface area contributed by atoms with Crippen LogP contribution in [0.4, 0.5) is 24.5 Å². The van der Waals surface area contributed by atoms with Crippen LogP contribution in [-0.4, -0.2) is 36.6 Å². The van der Waals surface area contributed by atoms with E-state index in [0.717, 1.165) is 12.1 Å². The van der Waals surface area contributed by atoms with Gasteiger partial charge < -0.3 is 19.5 Å². The van der Waals surface area contributed by atoms with E-state index in [-0.39, 0.29) is 19.4 Å². The summed E-state index contributed by atoms with van der Waals surface area (Å²) in [6.07, 6.45) is -6.14. The molecule has 2 aromatic rings. The number of amides is 1. The number of methoxy groups -OCH3 is 1. The van der Waals surface area contributed by atoms with Crippen molar-refractivity contribution in [3.8, 4) is 11.5 Å². The summed E-state index contributed by atoms with van der Waals surface area (Å²) in [5.74, 6) is -0.525. The van der Waals surface area contributed by atoms with Gasteiger partial charge >= 0.3 is 12.1 Å². The van der Waals surface area contributed by atoms with Gasteiger partial charge in [-0.3, -0.25) is 19.7 Å². The molecular formula is C21H21F3N2O7. The van der Waals surface area contributed by atoms with Gasteiger partial charge in [0.25, 0.3) is 11.6 Å². The van der Waals surface area contributed by atoms with Crippen LogP contribution < -0.4 is 14.8 Å². The van der Waals surface area contributed by atoms with Gasteiger partial charge in [-0.05, 0) is 43.7 Å². The number of non-ortho nitro benzene ring substituents is 1. The van der Waals surface area contributed by atoms with E-state index in [9.17, 15) is 32.9 Å². The molecule has 0 spiro atoms. The van der Waals surface area contributed by atoms with Gasteiger partial charge in [-0.25, -0.2) is 0 Å². The van der Waals surface area contributed by atoms with Crippen LogP contribution in [0, 0.1) is 10.1 Å². The monoisotopic (exact) mass is 470 g/mol. The Hall–Kier alpha value is -3.83. The number of nitrogens with one attached hydrogen (secondary N) is 1. The fourth-order valence-corrected chi connectivity index (χ4v) is 2.61. The SMILES string of the molecule is COc1ccc(OCCCC(=O)O[C@@H](C)C(=O)Nc2ccc([N+](=O)[O-])cc2C(F)(F)F)cc1. The molecule has 2 rings (SSSR count).